The van der Waals surface area contributed by atoms with E-state index >= 15 is 0 Å². The van der Waals surface area contributed by atoms with Crippen LogP contribution in [-0.2, 0) is 6.54 Å². The predicted octanol–water partition coefficient (Wildman–Crippen LogP) is 2.54. The predicted molar refractivity (Wildman–Crippen MR) is 68.9 cm³/mol. The van der Waals surface area contributed by atoms with Crippen LogP contribution in [0.4, 0.5) is 0 Å². The normalized spacial score (nSPS) is 11.0. The molecule has 0 heterocycles. The Morgan fingerprint density at radius 3 is 2.67 bits per heavy atom. The van der Waals surface area contributed by atoms with Crippen molar-refractivity contribution < 1.29 is 0 Å². The molecule has 0 spiro atoms. The molecule has 0 aliphatic heterocycles. The first-order chi connectivity index (χ1) is 7.17. The zero-order chi connectivity index (χ0) is 11.3. The third kappa shape index (κ3) is 3.93. The van der Waals surface area contributed by atoms with Gasteiger partial charge < -0.3 is 5.73 Å². The van der Waals surface area contributed by atoms with E-state index in [1.807, 2.05) is 0 Å². The van der Waals surface area contributed by atoms with Gasteiger partial charge in [-0.05, 0) is 30.7 Å². The van der Waals surface area contributed by atoms with E-state index in [2.05, 4.69) is 52.9 Å². The van der Waals surface area contributed by atoms with Gasteiger partial charge in [-0.1, -0.05) is 35.0 Å². The number of benzene rings is 1. The Labute approximate surface area is 101 Å². The smallest absolute Gasteiger partial charge is 0.0245 e. The number of nitrogens with zero attached hydrogens (tertiary/aromatic N) is 1. The highest BCUT2D eigenvalue weighted by atomic mass is 79.9. The second-order valence-electron chi connectivity index (χ2n) is 3.75. The average Bonchev–Trinajstić information content (AvgIpc) is 2.21. The highest BCUT2D eigenvalue weighted by Gasteiger charge is 2.05. The number of aryl methyl sites for hydroxylation is 1. The third-order valence-electron chi connectivity index (χ3n) is 2.50. The molecule has 0 atom stereocenters. The first-order valence-corrected chi connectivity index (χ1v) is 6.14. The van der Waals surface area contributed by atoms with E-state index in [-0.39, 0.29) is 0 Å². The summed E-state index contributed by atoms with van der Waals surface area (Å²) in [4.78, 5) is 2.34. The van der Waals surface area contributed by atoms with Crippen LogP contribution in [0.15, 0.2) is 22.7 Å². The molecule has 0 radical (unpaired) electrons. The van der Waals surface area contributed by atoms with Crippen molar-refractivity contribution in [2.45, 2.75) is 20.4 Å². The topological polar surface area (TPSA) is 29.3 Å². The lowest BCUT2D eigenvalue weighted by molar-refractivity contribution is 0.287. The summed E-state index contributed by atoms with van der Waals surface area (Å²) < 4.78 is 1.19. The third-order valence-corrected chi connectivity index (χ3v) is 3.23. The minimum absolute atomic E-state index is 0.720. The van der Waals surface area contributed by atoms with E-state index in [1.165, 1.54) is 15.6 Å². The molecule has 3 heteroatoms. The van der Waals surface area contributed by atoms with Crippen molar-refractivity contribution in [3.63, 3.8) is 0 Å². The zero-order valence-corrected chi connectivity index (χ0v) is 11.0. The van der Waals surface area contributed by atoms with Gasteiger partial charge in [0.1, 0.15) is 0 Å². The number of hydrogen-bond acceptors (Lipinski definition) is 2. The van der Waals surface area contributed by atoms with E-state index in [0.29, 0.717) is 0 Å². The summed E-state index contributed by atoms with van der Waals surface area (Å²) in [5.41, 5.74) is 8.18. The van der Waals surface area contributed by atoms with E-state index in [4.69, 9.17) is 5.73 Å². The van der Waals surface area contributed by atoms with Crippen molar-refractivity contribution in [3.05, 3.63) is 33.8 Å². The van der Waals surface area contributed by atoms with Crippen molar-refractivity contribution in [2.75, 3.05) is 19.6 Å². The summed E-state index contributed by atoms with van der Waals surface area (Å²) in [6, 6.07) is 6.49. The van der Waals surface area contributed by atoms with Crippen LogP contribution in [-0.4, -0.2) is 24.5 Å². The van der Waals surface area contributed by atoms with Crippen LogP contribution in [0.25, 0.3) is 0 Å². The molecule has 2 nitrogen and oxygen atoms in total. The van der Waals surface area contributed by atoms with Crippen molar-refractivity contribution in [2.24, 2.45) is 5.73 Å². The Bertz CT molecular complexity index is 312. The molecule has 0 aliphatic carbocycles. The first kappa shape index (κ1) is 12.7. The summed E-state index contributed by atoms with van der Waals surface area (Å²) >= 11 is 3.60. The zero-order valence-electron chi connectivity index (χ0n) is 9.46. The largest absolute Gasteiger partial charge is 0.329 e. The van der Waals surface area contributed by atoms with Crippen LogP contribution in [0.1, 0.15) is 18.1 Å². The van der Waals surface area contributed by atoms with Gasteiger partial charge in [0.15, 0.2) is 0 Å². The molecular weight excluding hydrogens is 252 g/mol. The number of hydrogen-bond donors (Lipinski definition) is 1. The highest BCUT2D eigenvalue weighted by molar-refractivity contribution is 9.10. The maximum absolute atomic E-state index is 5.57. The van der Waals surface area contributed by atoms with Gasteiger partial charge in [-0.3, -0.25) is 4.90 Å². The van der Waals surface area contributed by atoms with Crippen molar-refractivity contribution >= 4 is 15.9 Å². The number of likely N-dealkylation sites (N-methyl/N-ethyl adjacent to an activating group) is 1. The van der Waals surface area contributed by atoms with Crippen LogP contribution in [0.2, 0.25) is 0 Å². The molecule has 0 amide bonds. The molecule has 0 unspecified atom stereocenters. The minimum atomic E-state index is 0.720. The Balaban J connectivity index is 2.70. The van der Waals surface area contributed by atoms with E-state index in [1.54, 1.807) is 0 Å². The molecule has 1 aromatic rings. The summed E-state index contributed by atoms with van der Waals surface area (Å²) in [7, 11) is 0. The maximum atomic E-state index is 5.57. The highest BCUT2D eigenvalue weighted by Crippen LogP contribution is 2.19. The molecule has 0 aromatic heterocycles. The van der Waals surface area contributed by atoms with Crippen molar-refractivity contribution in [3.8, 4) is 0 Å². The number of halogens is 1. The Kier molecular flexibility index (Phi) is 5.29. The van der Waals surface area contributed by atoms with Gasteiger partial charge in [-0.2, -0.15) is 0 Å². The van der Waals surface area contributed by atoms with Gasteiger partial charge in [-0.25, -0.2) is 0 Å². The first-order valence-electron chi connectivity index (χ1n) is 5.34. The van der Waals surface area contributed by atoms with Gasteiger partial charge in [0.2, 0.25) is 0 Å². The maximum Gasteiger partial charge on any atom is 0.0245 e. The Hall–Kier alpha value is -0.380. The van der Waals surface area contributed by atoms with Crippen LogP contribution in [0.3, 0.4) is 0 Å². The molecule has 1 rings (SSSR count). The van der Waals surface area contributed by atoms with Crippen LogP contribution < -0.4 is 5.73 Å². The van der Waals surface area contributed by atoms with Gasteiger partial charge >= 0.3 is 0 Å². The molecule has 1 aromatic carbocycles. The second-order valence-corrected chi connectivity index (χ2v) is 4.61. The summed E-state index contributed by atoms with van der Waals surface area (Å²) in [6.07, 6.45) is 0. The Morgan fingerprint density at radius 1 is 1.40 bits per heavy atom. The fourth-order valence-corrected chi connectivity index (χ4v) is 2.17. The van der Waals surface area contributed by atoms with Crippen LogP contribution >= 0.6 is 15.9 Å². The molecule has 15 heavy (non-hydrogen) atoms. The standard InChI is InChI=1S/C12H19BrN2/c1-3-15(7-6-14)9-11-5-4-10(2)8-12(11)13/h4-5,8H,3,6-7,9,14H2,1-2H3. The lowest BCUT2D eigenvalue weighted by atomic mass is 10.1. The lowest BCUT2D eigenvalue weighted by Crippen LogP contribution is -2.28. The van der Waals surface area contributed by atoms with Crippen molar-refractivity contribution in [1.29, 1.82) is 0 Å². The molecule has 0 saturated heterocycles. The quantitative estimate of drug-likeness (QED) is 0.891. The van der Waals surface area contributed by atoms with Gasteiger partial charge in [0, 0.05) is 24.1 Å². The molecule has 0 aliphatic rings. The summed E-state index contributed by atoms with van der Waals surface area (Å²) in [6.45, 7) is 7.95. The summed E-state index contributed by atoms with van der Waals surface area (Å²) in [5.74, 6) is 0. The molecule has 84 valence electrons. The van der Waals surface area contributed by atoms with Gasteiger partial charge in [0.25, 0.3) is 0 Å². The monoisotopic (exact) mass is 270 g/mol. The van der Waals surface area contributed by atoms with E-state index < -0.39 is 0 Å². The molecule has 2 N–H and O–H groups in total. The summed E-state index contributed by atoms with van der Waals surface area (Å²) in [5, 5.41) is 0. The van der Waals surface area contributed by atoms with Crippen molar-refractivity contribution in [1.82, 2.24) is 4.90 Å². The van der Waals surface area contributed by atoms with Gasteiger partial charge in [0.05, 0.1) is 0 Å². The minimum Gasteiger partial charge on any atom is -0.329 e. The molecule has 0 saturated carbocycles. The van der Waals surface area contributed by atoms with Crippen LogP contribution in [0.5, 0.6) is 0 Å². The average molecular weight is 271 g/mol. The fourth-order valence-electron chi connectivity index (χ4n) is 1.55. The lowest BCUT2D eigenvalue weighted by Gasteiger charge is -2.20. The molecule has 0 fully saturated rings. The number of rotatable bonds is 5. The van der Waals surface area contributed by atoms with Gasteiger partial charge in [-0.15, -0.1) is 0 Å². The Morgan fingerprint density at radius 2 is 2.13 bits per heavy atom. The SMILES string of the molecule is CCN(CCN)Cc1ccc(C)cc1Br. The second kappa shape index (κ2) is 6.26. The van der Waals surface area contributed by atoms with Crippen LogP contribution in [0, 0.1) is 6.92 Å². The van der Waals surface area contributed by atoms with E-state index in [0.717, 1.165) is 26.2 Å². The fraction of sp³-hybridized carbons (Fsp3) is 0.500. The number of nitrogens with two attached hydrogens (primary N) is 1. The molecule has 0 bridgehead atoms. The molecular formula is C12H19BrN2. The van der Waals surface area contributed by atoms with E-state index in [9.17, 15) is 0 Å².